The first-order valence-electron chi connectivity index (χ1n) is 5.47. The van der Waals surface area contributed by atoms with Gasteiger partial charge in [-0.3, -0.25) is 9.69 Å². The highest BCUT2D eigenvalue weighted by Crippen LogP contribution is 2.14. The van der Waals surface area contributed by atoms with Gasteiger partial charge in [0.1, 0.15) is 5.75 Å². The van der Waals surface area contributed by atoms with Crippen molar-refractivity contribution in [2.45, 2.75) is 0 Å². The summed E-state index contributed by atoms with van der Waals surface area (Å²) in [7, 11) is 3.41. The molecule has 0 aliphatic heterocycles. The van der Waals surface area contributed by atoms with Crippen molar-refractivity contribution in [3.63, 3.8) is 0 Å². The average Bonchev–Trinajstić information content (AvgIpc) is 2.28. The van der Waals surface area contributed by atoms with E-state index in [0.29, 0.717) is 11.6 Å². The molecule has 5 heteroatoms. The molecular weight excluding hydrogens is 252 g/mol. The number of ether oxygens (including phenoxy) is 1. The maximum Gasteiger partial charge on any atom is 0.238 e. The van der Waals surface area contributed by atoms with Gasteiger partial charge in [0.25, 0.3) is 0 Å². The summed E-state index contributed by atoms with van der Waals surface area (Å²) in [4.78, 5) is 13.5. The van der Waals surface area contributed by atoms with Gasteiger partial charge in [0.2, 0.25) is 5.91 Å². The number of carbonyl (C=O) groups is 1. The molecule has 0 unspecified atom stereocenters. The molecule has 0 aromatic heterocycles. The molecule has 18 heavy (non-hydrogen) atoms. The van der Waals surface area contributed by atoms with Gasteiger partial charge < -0.3 is 10.1 Å². The summed E-state index contributed by atoms with van der Waals surface area (Å²) in [5, 5.41) is 3.30. The van der Waals surface area contributed by atoms with E-state index in [1.54, 1.807) is 43.3 Å². The maximum absolute atomic E-state index is 11.7. The highest BCUT2D eigenvalue weighted by molar-refractivity contribution is 6.29. The van der Waals surface area contributed by atoms with Crippen LogP contribution in [0.3, 0.4) is 0 Å². The zero-order valence-electron chi connectivity index (χ0n) is 10.6. The molecule has 0 saturated carbocycles. The van der Waals surface area contributed by atoms with Crippen molar-refractivity contribution in [2.75, 3.05) is 32.6 Å². The Morgan fingerprint density at radius 1 is 1.39 bits per heavy atom. The third-order valence-electron chi connectivity index (χ3n) is 2.23. The van der Waals surface area contributed by atoms with Crippen LogP contribution in [0.4, 0.5) is 5.69 Å². The number of amides is 1. The predicted octanol–water partition coefficient (Wildman–Crippen LogP) is 2.32. The third kappa shape index (κ3) is 5.21. The smallest absolute Gasteiger partial charge is 0.238 e. The minimum atomic E-state index is -0.0967. The van der Waals surface area contributed by atoms with Gasteiger partial charge in [-0.2, -0.15) is 0 Å². The first-order valence-corrected chi connectivity index (χ1v) is 5.85. The molecule has 4 nitrogen and oxygen atoms in total. The maximum atomic E-state index is 11.7. The van der Waals surface area contributed by atoms with E-state index in [1.807, 2.05) is 0 Å². The molecule has 0 atom stereocenters. The van der Waals surface area contributed by atoms with E-state index in [-0.39, 0.29) is 12.5 Å². The monoisotopic (exact) mass is 268 g/mol. The molecular formula is C13H17ClN2O2. The molecule has 0 saturated heterocycles. The second-order valence-electron chi connectivity index (χ2n) is 3.97. The second-order valence-corrected chi connectivity index (χ2v) is 4.50. The van der Waals surface area contributed by atoms with Crippen LogP contribution in [0.15, 0.2) is 35.9 Å². The molecule has 98 valence electrons. The Balaban J connectivity index is 2.46. The lowest BCUT2D eigenvalue weighted by Gasteiger charge is -2.15. The van der Waals surface area contributed by atoms with E-state index in [1.165, 1.54) is 0 Å². The minimum absolute atomic E-state index is 0.0967. The lowest BCUT2D eigenvalue weighted by molar-refractivity contribution is -0.116. The fraction of sp³-hybridized carbons (Fsp3) is 0.308. The van der Waals surface area contributed by atoms with E-state index in [9.17, 15) is 4.79 Å². The normalized spacial score (nSPS) is 10.2. The summed E-state index contributed by atoms with van der Waals surface area (Å²) >= 11 is 5.67. The molecule has 1 N–H and O–H groups in total. The van der Waals surface area contributed by atoms with Crippen molar-refractivity contribution >= 4 is 23.2 Å². The van der Waals surface area contributed by atoms with Gasteiger partial charge in [-0.25, -0.2) is 0 Å². The van der Waals surface area contributed by atoms with Gasteiger partial charge in [0.15, 0.2) is 0 Å². The zero-order valence-corrected chi connectivity index (χ0v) is 11.3. The zero-order chi connectivity index (χ0) is 13.5. The van der Waals surface area contributed by atoms with Crippen LogP contribution in [-0.4, -0.2) is 38.1 Å². The van der Waals surface area contributed by atoms with Crippen molar-refractivity contribution < 1.29 is 9.53 Å². The van der Waals surface area contributed by atoms with Crippen molar-refractivity contribution in [1.82, 2.24) is 4.90 Å². The Morgan fingerprint density at radius 2 is 2.00 bits per heavy atom. The van der Waals surface area contributed by atoms with Crippen LogP contribution in [-0.2, 0) is 4.79 Å². The SMILES string of the molecule is C=C(Cl)CN(C)CC(=O)Nc1ccc(OC)cc1. The number of benzene rings is 1. The molecule has 1 aromatic rings. The van der Waals surface area contributed by atoms with Crippen molar-refractivity contribution in [3.05, 3.63) is 35.9 Å². The number of methoxy groups -OCH3 is 1. The van der Waals surface area contributed by atoms with Gasteiger partial charge in [-0.15, -0.1) is 0 Å². The largest absolute Gasteiger partial charge is 0.497 e. The van der Waals surface area contributed by atoms with Crippen LogP contribution in [0.2, 0.25) is 0 Å². The molecule has 0 aliphatic rings. The molecule has 0 heterocycles. The van der Waals surface area contributed by atoms with Crippen LogP contribution in [0.1, 0.15) is 0 Å². The molecule has 0 spiro atoms. The summed E-state index contributed by atoms with van der Waals surface area (Å²) in [6, 6.07) is 7.16. The standard InChI is InChI=1S/C13H17ClN2O2/c1-10(14)8-16(2)9-13(17)15-11-4-6-12(18-3)7-5-11/h4-7H,1,8-9H2,2-3H3,(H,15,17). The second kappa shape index (κ2) is 7.03. The first-order chi connectivity index (χ1) is 8.51. The lowest BCUT2D eigenvalue weighted by atomic mass is 10.3. The summed E-state index contributed by atoms with van der Waals surface area (Å²) in [6.07, 6.45) is 0. The van der Waals surface area contributed by atoms with E-state index in [0.717, 1.165) is 11.4 Å². The molecule has 0 bridgehead atoms. The molecule has 0 radical (unpaired) electrons. The lowest BCUT2D eigenvalue weighted by Crippen LogP contribution is -2.30. The van der Waals surface area contributed by atoms with Gasteiger partial charge in [0.05, 0.1) is 13.7 Å². The van der Waals surface area contributed by atoms with E-state index >= 15 is 0 Å². The van der Waals surface area contributed by atoms with E-state index in [4.69, 9.17) is 16.3 Å². The number of likely N-dealkylation sites (N-methyl/N-ethyl adjacent to an activating group) is 1. The Kier molecular flexibility index (Phi) is 5.68. The number of carbonyl (C=O) groups excluding carboxylic acids is 1. The van der Waals surface area contributed by atoms with Crippen molar-refractivity contribution in [3.8, 4) is 5.75 Å². The van der Waals surface area contributed by atoms with Crippen molar-refractivity contribution in [2.24, 2.45) is 0 Å². The Bertz CT molecular complexity index is 418. The Morgan fingerprint density at radius 3 is 2.50 bits per heavy atom. The van der Waals surface area contributed by atoms with Gasteiger partial charge in [0, 0.05) is 17.3 Å². The fourth-order valence-corrected chi connectivity index (χ4v) is 1.67. The van der Waals surface area contributed by atoms with E-state index < -0.39 is 0 Å². The number of hydrogen-bond donors (Lipinski definition) is 1. The summed E-state index contributed by atoms with van der Waals surface area (Å²) < 4.78 is 5.04. The van der Waals surface area contributed by atoms with Crippen molar-refractivity contribution in [1.29, 1.82) is 0 Å². The van der Waals surface area contributed by atoms with Gasteiger partial charge >= 0.3 is 0 Å². The molecule has 0 fully saturated rings. The molecule has 1 rings (SSSR count). The minimum Gasteiger partial charge on any atom is -0.497 e. The molecule has 1 amide bonds. The van der Waals surface area contributed by atoms with Crippen LogP contribution >= 0.6 is 11.6 Å². The number of nitrogens with zero attached hydrogens (tertiary/aromatic N) is 1. The number of anilines is 1. The number of halogens is 1. The topological polar surface area (TPSA) is 41.6 Å². The quantitative estimate of drug-likeness (QED) is 0.861. The number of rotatable bonds is 6. The molecule has 0 aliphatic carbocycles. The molecule has 1 aromatic carbocycles. The Labute approximate surface area is 112 Å². The fourth-order valence-electron chi connectivity index (χ4n) is 1.47. The summed E-state index contributed by atoms with van der Waals surface area (Å²) in [5.74, 6) is 0.657. The highest BCUT2D eigenvalue weighted by Gasteiger charge is 2.07. The summed E-state index contributed by atoms with van der Waals surface area (Å²) in [6.45, 7) is 4.33. The summed E-state index contributed by atoms with van der Waals surface area (Å²) in [5.41, 5.74) is 0.735. The van der Waals surface area contributed by atoms with Crippen LogP contribution in [0.5, 0.6) is 5.75 Å². The predicted molar refractivity (Wildman–Crippen MR) is 74.1 cm³/mol. The van der Waals surface area contributed by atoms with Gasteiger partial charge in [-0.05, 0) is 31.3 Å². The Hall–Kier alpha value is -1.52. The van der Waals surface area contributed by atoms with Crippen LogP contribution in [0, 0.1) is 0 Å². The third-order valence-corrected chi connectivity index (χ3v) is 2.35. The average molecular weight is 269 g/mol. The van der Waals surface area contributed by atoms with Crippen LogP contribution < -0.4 is 10.1 Å². The number of hydrogen-bond acceptors (Lipinski definition) is 3. The van der Waals surface area contributed by atoms with Crippen LogP contribution in [0.25, 0.3) is 0 Å². The highest BCUT2D eigenvalue weighted by atomic mass is 35.5. The van der Waals surface area contributed by atoms with E-state index in [2.05, 4.69) is 11.9 Å². The van der Waals surface area contributed by atoms with Gasteiger partial charge in [-0.1, -0.05) is 18.2 Å². The number of nitrogens with one attached hydrogen (secondary N) is 1. The first kappa shape index (κ1) is 14.5.